The Labute approximate surface area is 71.5 Å². The molecule has 11 heavy (non-hydrogen) atoms. The maximum atomic E-state index is 4.34. The van der Waals surface area contributed by atoms with Crippen LogP contribution in [0.4, 0.5) is 0 Å². The zero-order valence-electron chi connectivity index (χ0n) is 6.19. The van der Waals surface area contributed by atoms with Gasteiger partial charge in [-0.25, -0.2) is 0 Å². The molecule has 0 aliphatic rings. The minimum absolute atomic E-state index is 0.820. The van der Waals surface area contributed by atoms with E-state index in [2.05, 4.69) is 22.3 Å². The molecule has 0 spiro atoms. The highest BCUT2D eigenvalue weighted by molar-refractivity contribution is 7.75. The van der Waals surface area contributed by atoms with Crippen LogP contribution in [0.2, 0.25) is 0 Å². The predicted octanol–water partition coefficient (Wildman–Crippen LogP) is 2.27. The fraction of sp³-hybridized carbons (Fsp3) is 0.125. The van der Waals surface area contributed by atoms with Crippen molar-refractivity contribution in [2.75, 3.05) is 0 Å². The second-order valence-electron chi connectivity index (χ2n) is 2.12. The van der Waals surface area contributed by atoms with Crippen molar-refractivity contribution < 1.29 is 4.28 Å². The molecule has 3 heteroatoms. The molecular weight excluding hydrogens is 158 g/mol. The first-order valence-corrected chi connectivity index (χ1v) is 3.61. The molecular formula is C8H9NOS. The van der Waals surface area contributed by atoms with Gasteiger partial charge in [-0.3, -0.25) is 0 Å². The highest BCUT2D eigenvalue weighted by atomic mass is 32.1. The number of rotatable bonds is 2. The van der Waals surface area contributed by atoms with Crippen LogP contribution in [-0.2, 0) is 4.28 Å². The van der Waals surface area contributed by atoms with Crippen molar-refractivity contribution in [1.82, 2.24) is 0 Å². The Morgan fingerprint density at radius 3 is 2.55 bits per heavy atom. The third kappa shape index (κ3) is 2.27. The van der Waals surface area contributed by atoms with Gasteiger partial charge in [-0.15, -0.1) is 0 Å². The molecule has 0 bridgehead atoms. The zero-order chi connectivity index (χ0) is 8.10. The van der Waals surface area contributed by atoms with E-state index >= 15 is 0 Å². The van der Waals surface area contributed by atoms with E-state index in [4.69, 9.17) is 0 Å². The van der Waals surface area contributed by atoms with Gasteiger partial charge in [0.05, 0.1) is 18.6 Å². The summed E-state index contributed by atoms with van der Waals surface area (Å²) in [4.78, 5) is 0. The lowest BCUT2D eigenvalue weighted by molar-refractivity contribution is 0.414. The Balaban J connectivity index is 2.85. The first-order chi connectivity index (χ1) is 5.34. The van der Waals surface area contributed by atoms with E-state index in [1.54, 1.807) is 0 Å². The highest BCUT2D eigenvalue weighted by Crippen LogP contribution is 2.01. The van der Waals surface area contributed by atoms with Crippen molar-refractivity contribution in [2.24, 2.45) is 5.16 Å². The molecule has 0 aliphatic carbocycles. The number of nitrogens with zero attached hydrogens (tertiary/aromatic N) is 1. The molecule has 0 aromatic heterocycles. The molecule has 0 aliphatic heterocycles. The lowest BCUT2D eigenvalue weighted by Crippen LogP contribution is -1.92. The summed E-state index contributed by atoms with van der Waals surface area (Å²) in [5.41, 5.74) is 1.86. The fourth-order valence-corrected chi connectivity index (χ4v) is 0.916. The summed E-state index contributed by atoms with van der Waals surface area (Å²) in [6.07, 6.45) is 0. The van der Waals surface area contributed by atoms with Crippen molar-refractivity contribution in [3.05, 3.63) is 35.9 Å². The van der Waals surface area contributed by atoms with Crippen LogP contribution in [0.25, 0.3) is 0 Å². The maximum absolute atomic E-state index is 4.34. The van der Waals surface area contributed by atoms with Crippen LogP contribution in [-0.4, -0.2) is 5.71 Å². The molecule has 0 N–H and O–H groups in total. The topological polar surface area (TPSA) is 21.6 Å². The smallest absolute Gasteiger partial charge is 0.0853 e. The summed E-state index contributed by atoms with van der Waals surface area (Å²) < 4.78 is 4.34. The molecule has 0 saturated carbocycles. The molecule has 1 aromatic rings. The second kappa shape index (κ2) is 4.03. The average Bonchev–Trinajstić information content (AvgIpc) is 2.07. The number of hydrogen-bond acceptors (Lipinski definition) is 3. The number of thiol groups is 1. The first-order valence-electron chi connectivity index (χ1n) is 3.25. The summed E-state index contributed by atoms with van der Waals surface area (Å²) in [6, 6.07) is 9.79. The van der Waals surface area contributed by atoms with Gasteiger partial charge in [-0.05, 0) is 12.5 Å². The number of hydrogen-bond donors (Lipinski definition) is 1. The van der Waals surface area contributed by atoms with E-state index < -0.39 is 0 Å². The second-order valence-corrected chi connectivity index (χ2v) is 2.29. The predicted molar refractivity (Wildman–Crippen MR) is 48.7 cm³/mol. The van der Waals surface area contributed by atoms with Crippen molar-refractivity contribution in [3.8, 4) is 0 Å². The number of benzene rings is 1. The van der Waals surface area contributed by atoms with Crippen molar-refractivity contribution in [1.29, 1.82) is 0 Å². The Morgan fingerprint density at radius 1 is 1.36 bits per heavy atom. The van der Waals surface area contributed by atoms with Crippen LogP contribution < -0.4 is 0 Å². The average molecular weight is 167 g/mol. The summed E-state index contributed by atoms with van der Waals surface area (Å²) in [7, 11) is 0. The van der Waals surface area contributed by atoms with Gasteiger partial charge < -0.3 is 4.28 Å². The Bertz CT molecular complexity index is 246. The minimum atomic E-state index is 0.820. The van der Waals surface area contributed by atoms with Crippen molar-refractivity contribution >= 4 is 18.6 Å². The SMILES string of the molecule is CC(=NOS)c1ccccc1. The van der Waals surface area contributed by atoms with E-state index in [1.807, 2.05) is 37.3 Å². The van der Waals surface area contributed by atoms with E-state index in [0.717, 1.165) is 11.3 Å². The molecule has 58 valence electrons. The minimum Gasteiger partial charge on any atom is -0.325 e. The Hall–Kier alpha value is -0.960. The van der Waals surface area contributed by atoms with Crippen molar-refractivity contribution in [3.63, 3.8) is 0 Å². The molecule has 1 aromatic carbocycles. The molecule has 0 amide bonds. The van der Waals surface area contributed by atoms with Crippen LogP contribution in [0.5, 0.6) is 0 Å². The number of oxime groups is 1. The summed E-state index contributed by atoms with van der Waals surface area (Å²) in [5, 5.41) is 3.68. The van der Waals surface area contributed by atoms with E-state index in [-0.39, 0.29) is 0 Å². The van der Waals surface area contributed by atoms with E-state index in [1.165, 1.54) is 0 Å². The molecule has 0 atom stereocenters. The lowest BCUT2D eigenvalue weighted by Gasteiger charge is -1.96. The van der Waals surface area contributed by atoms with E-state index in [0.29, 0.717) is 0 Å². The summed E-state index contributed by atoms with van der Waals surface area (Å²) in [6.45, 7) is 1.87. The molecule has 0 unspecified atom stereocenters. The molecule has 0 radical (unpaired) electrons. The van der Waals surface area contributed by atoms with Crippen LogP contribution >= 0.6 is 12.9 Å². The largest absolute Gasteiger partial charge is 0.325 e. The molecule has 0 fully saturated rings. The standard InChI is InChI=1S/C8H9NOS/c1-7(9-10-11)8-5-3-2-4-6-8/h2-6,11H,1H3. The van der Waals surface area contributed by atoms with Crippen molar-refractivity contribution in [2.45, 2.75) is 6.92 Å². The van der Waals surface area contributed by atoms with Gasteiger partial charge in [-0.1, -0.05) is 35.5 Å². The van der Waals surface area contributed by atoms with E-state index in [9.17, 15) is 0 Å². The fourth-order valence-electron chi connectivity index (χ4n) is 0.793. The summed E-state index contributed by atoms with van der Waals surface area (Å²) in [5.74, 6) is 0. The Kier molecular flexibility index (Phi) is 2.98. The molecule has 0 heterocycles. The Morgan fingerprint density at radius 2 is 2.00 bits per heavy atom. The van der Waals surface area contributed by atoms with Gasteiger partial charge in [0.15, 0.2) is 0 Å². The maximum Gasteiger partial charge on any atom is 0.0853 e. The normalized spacial score (nSPS) is 11.3. The molecule has 0 saturated heterocycles. The molecule has 2 nitrogen and oxygen atoms in total. The lowest BCUT2D eigenvalue weighted by atomic mass is 10.1. The summed E-state index contributed by atoms with van der Waals surface area (Å²) >= 11 is 3.52. The molecule has 1 rings (SSSR count). The van der Waals surface area contributed by atoms with Gasteiger partial charge in [0.25, 0.3) is 0 Å². The van der Waals surface area contributed by atoms with Crippen LogP contribution in [0.1, 0.15) is 12.5 Å². The monoisotopic (exact) mass is 167 g/mol. The van der Waals surface area contributed by atoms with Crippen LogP contribution in [0, 0.1) is 0 Å². The van der Waals surface area contributed by atoms with Gasteiger partial charge in [0, 0.05) is 0 Å². The quantitative estimate of drug-likeness (QED) is 0.310. The van der Waals surface area contributed by atoms with Crippen LogP contribution in [0.3, 0.4) is 0 Å². The third-order valence-electron chi connectivity index (χ3n) is 1.37. The first kappa shape index (κ1) is 8.14. The third-order valence-corrected chi connectivity index (χ3v) is 1.45. The van der Waals surface area contributed by atoms with Gasteiger partial charge in [0.2, 0.25) is 0 Å². The van der Waals surface area contributed by atoms with Gasteiger partial charge in [0.1, 0.15) is 0 Å². The highest BCUT2D eigenvalue weighted by Gasteiger charge is 1.93. The van der Waals surface area contributed by atoms with Gasteiger partial charge >= 0.3 is 0 Å². The zero-order valence-corrected chi connectivity index (χ0v) is 7.08. The van der Waals surface area contributed by atoms with Crippen LogP contribution in [0.15, 0.2) is 35.5 Å². The van der Waals surface area contributed by atoms with Gasteiger partial charge in [-0.2, -0.15) is 0 Å².